The van der Waals surface area contributed by atoms with Gasteiger partial charge in [0.25, 0.3) is 0 Å². The first-order valence-electron chi connectivity index (χ1n) is 7.69. The summed E-state index contributed by atoms with van der Waals surface area (Å²) in [6.07, 6.45) is 0.227. The number of hydrogen-bond donors (Lipinski definition) is 0. The molecule has 1 unspecified atom stereocenters. The molecular weight excluding hydrogens is 326 g/mol. The highest BCUT2D eigenvalue weighted by Crippen LogP contribution is 2.41. The lowest BCUT2D eigenvalue weighted by Crippen LogP contribution is -2.37. The van der Waals surface area contributed by atoms with Crippen LogP contribution in [0.25, 0.3) is 0 Å². The first-order chi connectivity index (χ1) is 11.6. The molecule has 2 aromatic rings. The van der Waals surface area contributed by atoms with Crippen molar-refractivity contribution in [1.29, 1.82) is 0 Å². The fraction of sp³-hybridized carbons (Fsp3) is 0.158. The Bertz CT molecular complexity index is 860. The van der Waals surface area contributed by atoms with Gasteiger partial charge in [0.1, 0.15) is 6.61 Å². The topological polar surface area (TPSA) is 46.6 Å². The Balaban J connectivity index is 1.84. The zero-order chi connectivity index (χ0) is 16.7. The molecule has 4 rings (SSSR count). The minimum atomic E-state index is -0.349. The zero-order valence-corrected chi connectivity index (χ0v) is 13.5. The van der Waals surface area contributed by atoms with Gasteiger partial charge in [0.2, 0.25) is 5.91 Å². The van der Waals surface area contributed by atoms with E-state index in [9.17, 15) is 9.59 Å². The molecule has 120 valence electrons. The molecule has 0 N–H and O–H groups in total. The van der Waals surface area contributed by atoms with Crippen molar-refractivity contribution in [2.45, 2.75) is 12.3 Å². The summed E-state index contributed by atoms with van der Waals surface area (Å²) >= 11 is 6.06. The first-order valence-corrected chi connectivity index (χ1v) is 8.06. The number of anilines is 1. The van der Waals surface area contributed by atoms with Crippen LogP contribution in [0.5, 0.6) is 0 Å². The van der Waals surface area contributed by atoms with E-state index in [2.05, 4.69) is 0 Å². The Morgan fingerprint density at radius 2 is 1.83 bits per heavy atom. The quantitative estimate of drug-likeness (QED) is 0.784. The van der Waals surface area contributed by atoms with Crippen molar-refractivity contribution in [3.05, 3.63) is 76.5 Å². The largest absolute Gasteiger partial charge is 0.456 e. The number of ether oxygens (including phenoxy) is 1. The second-order valence-corrected chi connectivity index (χ2v) is 6.25. The van der Waals surface area contributed by atoms with Crippen molar-refractivity contribution in [1.82, 2.24) is 0 Å². The minimum Gasteiger partial charge on any atom is -0.456 e. The number of esters is 1. The van der Waals surface area contributed by atoms with Crippen molar-refractivity contribution in [3.63, 3.8) is 0 Å². The molecule has 0 aliphatic carbocycles. The third-order valence-corrected chi connectivity index (χ3v) is 4.62. The number of halogens is 1. The maximum absolute atomic E-state index is 12.8. The van der Waals surface area contributed by atoms with Crippen LogP contribution in [0.1, 0.15) is 17.9 Å². The van der Waals surface area contributed by atoms with Gasteiger partial charge in [0.05, 0.1) is 17.0 Å². The normalized spacial score (nSPS) is 20.2. The first kappa shape index (κ1) is 15.0. The van der Waals surface area contributed by atoms with Crippen molar-refractivity contribution in [2.75, 3.05) is 11.5 Å². The molecule has 0 saturated carbocycles. The number of carbonyl (C=O) groups excluding carboxylic acids is 2. The van der Waals surface area contributed by atoms with Crippen LogP contribution in [0.4, 0.5) is 5.69 Å². The Kier molecular flexibility index (Phi) is 3.62. The summed E-state index contributed by atoms with van der Waals surface area (Å²) in [7, 11) is 0. The van der Waals surface area contributed by atoms with E-state index in [0.29, 0.717) is 22.0 Å². The van der Waals surface area contributed by atoms with Crippen LogP contribution in [0, 0.1) is 0 Å². The van der Waals surface area contributed by atoms with Gasteiger partial charge in [0, 0.05) is 17.4 Å². The molecule has 2 aliphatic rings. The summed E-state index contributed by atoms with van der Waals surface area (Å²) < 4.78 is 5.24. The van der Waals surface area contributed by atoms with E-state index < -0.39 is 0 Å². The maximum atomic E-state index is 12.8. The van der Waals surface area contributed by atoms with Crippen LogP contribution in [-0.2, 0) is 14.3 Å². The third kappa shape index (κ3) is 2.39. The third-order valence-electron chi connectivity index (χ3n) is 4.39. The van der Waals surface area contributed by atoms with E-state index in [-0.39, 0.29) is 30.8 Å². The molecule has 0 radical (unpaired) electrons. The molecule has 1 amide bonds. The van der Waals surface area contributed by atoms with E-state index in [0.717, 1.165) is 5.56 Å². The van der Waals surface area contributed by atoms with Gasteiger partial charge in [-0.05, 0) is 23.8 Å². The zero-order valence-electron chi connectivity index (χ0n) is 12.7. The van der Waals surface area contributed by atoms with Crippen molar-refractivity contribution in [2.24, 2.45) is 0 Å². The molecular formula is C19H14ClNO3. The minimum absolute atomic E-state index is 0.0665. The average molecular weight is 340 g/mol. The molecule has 0 fully saturated rings. The Morgan fingerprint density at radius 1 is 1.04 bits per heavy atom. The van der Waals surface area contributed by atoms with Gasteiger partial charge in [-0.2, -0.15) is 0 Å². The SMILES string of the molecule is O=C1OCC2=C1C(c1ccccc1)CC(=O)N2c1cccc(Cl)c1. The van der Waals surface area contributed by atoms with Crippen LogP contribution in [-0.4, -0.2) is 18.5 Å². The maximum Gasteiger partial charge on any atom is 0.336 e. The van der Waals surface area contributed by atoms with Crippen LogP contribution in [0.2, 0.25) is 5.02 Å². The number of nitrogens with zero attached hydrogens (tertiary/aromatic N) is 1. The summed E-state index contributed by atoms with van der Waals surface area (Å²) in [5, 5.41) is 0.540. The van der Waals surface area contributed by atoms with E-state index in [1.165, 1.54) is 0 Å². The van der Waals surface area contributed by atoms with Gasteiger partial charge >= 0.3 is 5.97 Å². The Labute approximate surface area is 144 Å². The smallest absolute Gasteiger partial charge is 0.336 e. The second kappa shape index (κ2) is 5.80. The monoisotopic (exact) mass is 339 g/mol. The van der Waals surface area contributed by atoms with Crippen molar-refractivity contribution < 1.29 is 14.3 Å². The van der Waals surface area contributed by atoms with E-state index >= 15 is 0 Å². The van der Waals surface area contributed by atoms with E-state index in [4.69, 9.17) is 16.3 Å². The average Bonchev–Trinajstić information content (AvgIpc) is 2.96. The Hall–Kier alpha value is -2.59. The molecule has 24 heavy (non-hydrogen) atoms. The van der Waals surface area contributed by atoms with Gasteiger partial charge in [-0.25, -0.2) is 4.79 Å². The summed E-state index contributed by atoms with van der Waals surface area (Å²) in [5.41, 5.74) is 2.79. The van der Waals surface area contributed by atoms with E-state index in [1.54, 1.807) is 29.2 Å². The lowest BCUT2D eigenvalue weighted by Gasteiger charge is -2.31. The highest BCUT2D eigenvalue weighted by Gasteiger charge is 2.42. The highest BCUT2D eigenvalue weighted by atomic mass is 35.5. The Morgan fingerprint density at radius 3 is 2.58 bits per heavy atom. The van der Waals surface area contributed by atoms with Gasteiger partial charge in [-0.1, -0.05) is 48.0 Å². The lowest BCUT2D eigenvalue weighted by molar-refractivity contribution is -0.136. The molecule has 4 nitrogen and oxygen atoms in total. The number of carbonyl (C=O) groups is 2. The predicted molar refractivity (Wildman–Crippen MR) is 90.7 cm³/mol. The highest BCUT2D eigenvalue weighted by molar-refractivity contribution is 6.31. The molecule has 1 atom stereocenters. The van der Waals surface area contributed by atoms with Gasteiger partial charge in [-0.15, -0.1) is 0 Å². The number of hydrogen-bond acceptors (Lipinski definition) is 3. The van der Waals surface area contributed by atoms with Crippen LogP contribution in [0.3, 0.4) is 0 Å². The van der Waals surface area contributed by atoms with E-state index in [1.807, 2.05) is 30.3 Å². The van der Waals surface area contributed by atoms with Crippen molar-refractivity contribution >= 4 is 29.2 Å². The number of cyclic esters (lactones) is 1. The number of benzene rings is 2. The molecule has 2 heterocycles. The van der Waals surface area contributed by atoms with Crippen LogP contribution < -0.4 is 4.90 Å². The number of rotatable bonds is 2. The number of amides is 1. The van der Waals surface area contributed by atoms with Gasteiger partial charge < -0.3 is 4.74 Å². The summed E-state index contributed by atoms with van der Waals surface area (Å²) in [6.45, 7) is 0.107. The predicted octanol–water partition coefficient (Wildman–Crippen LogP) is 3.67. The summed E-state index contributed by atoms with van der Waals surface area (Å²) in [5.74, 6) is -0.680. The molecule has 0 saturated heterocycles. The second-order valence-electron chi connectivity index (χ2n) is 5.81. The fourth-order valence-corrected chi connectivity index (χ4v) is 3.52. The molecule has 0 bridgehead atoms. The fourth-order valence-electron chi connectivity index (χ4n) is 3.34. The molecule has 0 aromatic heterocycles. The van der Waals surface area contributed by atoms with Crippen LogP contribution in [0.15, 0.2) is 65.9 Å². The summed E-state index contributed by atoms with van der Waals surface area (Å²) in [4.78, 5) is 26.7. The standard InChI is InChI=1S/C19H14ClNO3/c20-13-7-4-8-14(9-13)21-16-11-24-19(23)18(16)15(10-17(21)22)12-5-2-1-3-6-12/h1-9,15H,10-11H2. The summed E-state index contributed by atoms with van der Waals surface area (Å²) in [6, 6.07) is 16.6. The molecule has 5 heteroatoms. The molecule has 0 spiro atoms. The van der Waals surface area contributed by atoms with Gasteiger partial charge in [0.15, 0.2) is 0 Å². The molecule has 2 aliphatic heterocycles. The lowest BCUT2D eigenvalue weighted by atomic mass is 9.84. The van der Waals surface area contributed by atoms with Crippen LogP contribution >= 0.6 is 11.6 Å². The van der Waals surface area contributed by atoms with Crippen molar-refractivity contribution in [3.8, 4) is 0 Å². The molecule has 2 aromatic carbocycles. The van der Waals surface area contributed by atoms with Gasteiger partial charge in [-0.3, -0.25) is 9.69 Å².